The largest absolute Gasteiger partial charge is 0.478 e. The monoisotopic (exact) mass is 255 g/mol. The predicted molar refractivity (Wildman–Crippen MR) is 75.0 cm³/mol. The van der Waals surface area contributed by atoms with Crippen molar-refractivity contribution in [1.29, 1.82) is 0 Å². The van der Waals surface area contributed by atoms with Crippen molar-refractivity contribution in [3.05, 3.63) is 71.3 Å². The van der Waals surface area contributed by atoms with Crippen molar-refractivity contribution < 1.29 is 9.90 Å². The average molecular weight is 255 g/mol. The molecule has 0 aliphatic rings. The molecule has 19 heavy (non-hydrogen) atoms. The molecule has 0 unspecified atom stereocenters. The standard InChI is InChI=1S/C16H17NO2/c1-17(11-13-7-3-2-4-8-13)12-14-9-5-6-10-15(14)16(18)19/h2-10H,11-12H2,1H3,(H,18,19). The number of rotatable bonds is 5. The fourth-order valence-electron chi connectivity index (χ4n) is 2.11. The lowest BCUT2D eigenvalue weighted by Gasteiger charge is -2.18. The van der Waals surface area contributed by atoms with Crippen LogP contribution in [-0.2, 0) is 13.1 Å². The van der Waals surface area contributed by atoms with E-state index in [9.17, 15) is 4.79 Å². The maximum atomic E-state index is 11.1. The molecule has 0 aliphatic heterocycles. The summed E-state index contributed by atoms with van der Waals surface area (Å²) in [6.45, 7) is 1.42. The Morgan fingerprint density at radius 1 is 1.00 bits per heavy atom. The van der Waals surface area contributed by atoms with Crippen molar-refractivity contribution >= 4 is 5.97 Å². The molecule has 0 amide bonds. The van der Waals surface area contributed by atoms with Crippen molar-refractivity contribution in [1.82, 2.24) is 4.90 Å². The zero-order valence-electron chi connectivity index (χ0n) is 10.9. The van der Waals surface area contributed by atoms with E-state index in [2.05, 4.69) is 17.0 Å². The van der Waals surface area contributed by atoms with Crippen LogP contribution in [0, 0.1) is 0 Å². The second-order valence-electron chi connectivity index (χ2n) is 4.62. The third-order valence-corrected chi connectivity index (χ3v) is 2.98. The Kier molecular flexibility index (Phi) is 4.31. The van der Waals surface area contributed by atoms with Crippen molar-refractivity contribution in [2.75, 3.05) is 7.05 Å². The van der Waals surface area contributed by atoms with Crippen LogP contribution in [0.4, 0.5) is 0 Å². The molecule has 2 rings (SSSR count). The summed E-state index contributed by atoms with van der Waals surface area (Å²) in [5.41, 5.74) is 2.44. The molecule has 2 aromatic carbocycles. The van der Waals surface area contributed by atoms with Crippen LogP contribution in [-0.4, -0.2) is 23.0 Å². The lowest BCUT2D eigenvalue weighted by molar-refractivity contribution is 0.0694. The minimum atomic E-state index is -0.872. The minimum Gasteiger partial charge on any atom is -0.478 e. The van der Waals surface area contributed by atoms with Crippen molar-refractivity contribution in [3.8, 4) is 0 Å². The molecule has 1 N–H and O–H groups in total. The molecule has 3 heteroatoms. The van der Waals surface area contributed by atoms with E-state index >= 15 is 0 Å². The second-order valence-corrected chi connectivity index (χ2v) is 4.62. The fraction of sp³-hybridized carbons (Fsp3) is 0.188. The Hall–Kier alpha value is -2.13. The number of carboxylic acid groups (broad SMARTS) is 1. The van der Waals surface area contributed by atoms with Gasteiger partial charge in [-0.3, -0.25) is 4.90 Å². The number of hydrogen-bond donors (Lipinski definition) is 1. The number of hydrogen-bond acceptors (Lipinski definition) is 2. The van der Waals surface area contributed by atoms with Gasteiger partial charge in [-0.25, -0.2) is 4.79 Å². The van der Waals surface area contributed by atoms with Gasteiger partial charge in [-0.1, -0.05) is 48.5 Å². The molecule has 0 saturated carbocycles. The van der Waals surface area contributed by atoms with Gasteiger partial charge in [0, 0.05) is 13.1 Å². The summed E-state index contributed by atoms with van der Waals surface area (Å²) in [6.07, 6.45) is 0. The summed E-state index contributed by atoms with van der Waals surface area (Å²) >= 11 is 0. The SMILES string of the molecule is CN(Cc1ccccc1)Cc1ccccc1C(=O)O. The van der Waals surface area contributed by atoms with E-state index in [0.29, 0.717) is 12.1 Å². The Bertz CT molecular complexity index is 552. The van der Waals surface area contributed by atoms with E-state index in [1.165, 1.54) is 5.56 Å². The van der Waals surface area contributed by atoms with Crippen molar-refractivity contribution in [3.63, 3.8) is 0 Å². The molecule has 0 atom stereocenters. The predicted octanol–water partition coefficient (Wildman–Crippen LogP) is 3.02. The summed E-state index contributed by atoms with van der Waals surface area (Å²) in [5, 5.41) is 9.15. The summed E-state index contributed by atoms with van der Waals surface area (Å²) in [5.74, 6) is -0.872. The van der Waals surface area contributed by atoms with Gasteiger partial charge in [0.25, 0.3) is 0 Å². The Labute approximate surface area is 113 Å². The van der Waals surface area contributed by atoms with Crippen LogP contribution in [0.15, 0.2) is 54.6 Å². The van der Waals surface area contributed by atoms with Gasteiger partial charge in [0.15, 0.2) is 0 Å². The van der Waals surface area contributed by atoms with Crippen LogP contribution in [0.3, 0.4) is 0 Å². The van der Waals surface area contributed by atoms with Gasteiger partial charge in [0.2, 0.25) is 0 Å². The lowest BCUT2D eigenvalue weighted by atomic mass is 10.1. The van der Waals surface area contributed by atoms with Crippen molar-refractivity contribution in [2.45, 2.75) is 13.1 Å². The first-order valence-corrected chi connectivity index (χ1v) is 6.20. The van der Waals surface area contributed by atoms with E-state index in [-0.39, 0.29) is 0 Å². The van der Waals surface area contributed by atoms with Crippen LogP contribution < -0.4 is 0 Å². The quantitative estimate of drug-likeness (QED) is 0.892. The van der Waals surface area contributed by atoms with Crippen LogP contribution in [0.5, 0.6) is 0 Å². The van der Waals surface area contributed by atoms with Crippen molar-refractivity contribution in [2.24, 2.45) is 0 Å². The van der Waals surface area contributed by atoms with Gasteiger partial charge >= 0.3 is 5.97 Å². The van der Waals surface area contributed by atoms with Crippen LogP contribution in [0.2, 0.25) is 0 Å². The Morgan fingerprint density at radius 2 is 1.63 bits per heavy atom. The first-order valence-electron chi connectivity index (χ1n) is 6.20. The normalized spacial score (nSPS) is 10.6. The molecular formula is C16H17NO2. The molecule has 0 aromatic heterocycles. The van der Waals surface area contributed by atoms with E-state index in [0.717, 1.165) is 12.1 Å². The number of carboxylic acids is 1. The van der Waals surface area contributed by atoms with E-state index < -0.39 is 5.97 Å². The Morgan fingerprint density at radius 3 is 2.32 bits per heavy atom. The molecule has 0 spiro atoms. The number of aromatic carboxylic acids is 1. The first-order chi connectivity index (χ1) is 9.16. The molecule has 98 valence electrons. The topological polar surface area (TPSA) is 40.5 Å². The Balaban J connectivity index is 2.07. The summed E-state index contributed by atoms with van der Waals surface area (Å²) in [4.78, 5) is 13.3. The highest BCUT2D eigenvalue weighted by atomic mass is 16.4. The van der Waals surface area contributed by atoms with Gasteiger partial charge in [-0.05, 0) is 24.2 Å². The second kappa shape index (κ2) is 6.16. The van der Waals surface area contributed by atoms with Crippen LogP contribution >= 0.6 is 0 Å². The van der Waals surface area contributed by atoms with Gasteiger partial charge in [-0.15, -0.1) is 0 Å². The molecule has 0 radical (unpaired) electrons. The van der Waals surface area contributed by atoms with E-state index in [1.54, 1.807) is 12.1 Å². The number of benzene rings is 2. The molecule has 0 fully saturated rings. The van der Waals surface area contributed by atoms with Gasteiger partial charge in [-0.2, -0.15) is 0 Å². The minimum absolute atomic E-state index is 0.377. The highest BCUT2D eigenvalue weighted by molar-refractivity contribution is 5.89. The summed E-state index contributed by atoms with van der Waals surface area (Å²) in [7, 11) is 1.99. The molecule has 0 heterocycles. The maximum Gasteiger partial charge on any atom is 0.336 e. The third kappa shape index (κ3) is 3.66. The smallest absolute Gasteiger partial charge is 0.336 e. The molecule has 3 nitrogen and oxygen atoms in total. The summed E-state index contributed by atoms with van der Waals surface area (Å²) in [6, 6.07) is 17.3. The third-order valence-electron chi connectivity index (χ3n) is 2.98. The van der Waals surface area contributed by atoms with Crippen LogP contribution in [0.1, 0.15) is 21.5 Å². The highest BCUT2D eigenvalue weighted by Gasteiger charge is 2.10. The zero-order chi connectivity index (χ0) is 13.7. The number of nitrogens with zero attached hydrogens (tertiary/aromatic N) is 1. The molecule has 2 aromatic rings. The van der Waals surface area contributed by atoms with E-state index in [4.69, 9.17) is 5.11 Å². The van der Waals surface area contributed by atoms with Gasteiger partial charge in [0.1, 0.15) is 0 Å². The fourth-order valence-corrected chi connectivity index (χ4v) is 2.11. The molecule has 0 saturated heterocycles. The molecule has 0 aliphatic carbocycles. The summed E-state index contributed by atoms with van der Waals surface area (Å²) < 4.78 is 0. The number of carbonyl (C=O) groups is 1. The van der Waals surface area contributed by atoms with Gasteiger partial charge < -0.3 is 5.11 Å². The lowest BCUT2D eigenvalue weighted by Crippen LogP contribution is -2.19. The zero-order valence-corrected chi connectivity index (χ0v) is 10.9. The molecular weight excluding hydrogens is 238 g/mol. The maximum absolute atomic E-state index is 11.1. The van der Waals surface area contributed by atoms with E-state index in [1.807, 2.05) is 37.4 Å². The average Bonchev–Trinajstić information content (AvgIpc) is 2.40. The van der Waals surface area contributed by atoms with Gasteiger partial charge in [0.05, 0.1) is 5.56 Å². The highest BCUT2D eigenvalue weighted by Crippen LogP contribution is 2.13. The molecule has 0 bridgehead atoms. The first kappa shape index (κ1) is 13.3. The van der Waals surface area contributed by atoms with Crippen LogP contribution in [0.25, 0.3) is 0 Å².